The third kappa shape index (κ3) is 3.15. The third-order valence-corrected chi connectivity index (χ3v) is 6.06. The number of tetrazole rings is 1. The van der Waals surface area contributed by atoms with Gasteiger partial charge in [-0.3, -0.25) is 4.79 Å². The van der Waals surface area contributed by atoms with Gasteiger partial charge in [0.1, 0.15) is 31.0 Å². The number of hydrogen-bond acceptors (Lipinski definition) is 8. The van der Waals surface area contributed by atoms with E-state index in [0.29, 0.717) is 18.5 Å². The molecule has 2 aliphatic heterocycles. The number of primary amides is 1. The second-order valence-electron chi connectivity index (χ2n) is 6.41. The van der Waals surface area contributed by atoms with Gasteiger partial charge in [0.25, 0.3) is 0 Å². The molecule has 0 unspecified atom stereocenters. The van der Waals surface area contributed by atoms with Gasteiger partial charge in [0.2, 0.25) is 11.1 Å². The van der Waals surface area contributed by atoms with Crippen LogP contribution in [0.4, 0.5) is 0 Å². The van der Waals surface area contributed by atoms with E-state index in [-0.39, 0.29) is 31.0 Å². The highest BCUT2D eigenvalue weighted by molar-refractivity contribution is 7.99. The van der Waals surface area contributed by atoms with Gasteiger partial charge in [-0.05, 0) is 23.3 Å². The van der Waals surface area contributed by atoms with Crippen LogP contribution in [0.3, 0.4) is 0 Å². The van der Waals surface area contributed by atoms with Gasteiger partial charge in [-0.15, -0.1) is 5.10 Å². The molecule has 3 fully saturated rings. The van der Waals surface area contributed by atoms with Gasteiger partial charge in [0.15, 0.2) is 0 Å². The molecular weight excluding hydrogens is 334 g/mol. The van der Waals surface area contributed by atoms with Crippen LogP contribution in [0.5, 0.6) is 0 Å². The Kier molecular flexibility index (Phi) is 4.70. The Labute approximate surface area is 143 Å². The van der Waals surface area contributed by atoms with Crippen molar-refractivity contribution in [1.82, 2.24) is 20.2 Å². The summed E-state index contributed by atoms with van der Waals surface area (Å²) in [5, 5.41) is 13.6. The Bertz CT molecular complexity index is 593. The number of amides is 1. The lowest BCUT2D eigenvalue weighted by atomic mass is 10.1. The molecule has 2 N–H and O–H groups in total. The van der Waals surface area contributed by atoms with Crippen molar-refractivity contribution >= 4 is 17.7 Å². The molecule has 1 aromatic rings. The van der Waals surface area contributed by atoms with Crippen molar-refractivity contribution in [2.45, 2.75) is 60.4 Å². The molecule has 132 valence electrons. The average Bonchev–Trinajstić information content (AvgIpc) is 3.31. The first kappa shape index (κ1) is 16.2. The highest BCUT2D eigenvalue weighted by Gasteiger charge is 2.50. The second kappa shape index (κ2) is 6.95. The molecule has 10 heteroatoms. The minimum absolute atomic E-state index is 0.0731. The molecule has 4 rings (SSSR count). The Morgan fingerprint density at radius 2 is 2.08 bits per heavy atom. The minimum Gasteiger partial charge on any atom is -0.370 e. The molecule has 1 saturated carbocycles. The van der Waals surface area contributed by atoms with E-state index < -0.39 is 5.91 Å². The highest BCUT2D eigenvalue weighted by atomic mass is 32.2. The van der Waals surface area contributed by atoms with Gasteiger partial charge in [-0.25, -0.2) is 4.68 Å². The summed E-state index contributed by atoms with van der Waals surface area (Å²) in [7, 11) is 0. The Morgan fingerprint density at radius 3 is 2.88 bits per heavy atom. The Balaban J connectivity index is 1.43. The maximum Gasteiger partial charge on any atom is 0.243 e. The summed E-state index contributed by atoms with van der Waals surface area (Å²) >= 11 is 1.74. The smallest absolute Gasteiger partial charge is 0.243 e. The van der Waals surface area contributed by atoms with Crippen molar-refractivity contribution in [3.8, 4) is 0 Å². The average molecular weight is 355 g/mol. The molecule has 0 aromatic carbocycles. The van der Waals surface area contributed by atoms with Crippen molar-refractivity contribution in [3.63, 3.8) is 0 Å². The summed E-state index contributed by atoms with van der Waals surface area (Å²) in [6.45, 7) is 0.723. The van der Waals surface area contributed by atoms with Crippen LogP contribution in [0.25, 0.3) is 0 Å². The van der Waals surface area contributed by atoms with E-state index in [1.165, 1.54) is 25.7 Å². The number of aromatic nitrogens is 4. The Hall–Kier alpha value is -1.23. The summed E-state index contributed by atoms with van der Waals surface area (Å²) in [5.74, 6) is -0.497. The Morgan fingerprint density at radius 1 is 1.29 bits per heavy atom. The molecule has 0 bridgehead atoms. The van der Waals surface area contributed by atoms with Crippen LogP contribution in [0.2, 0.25) is 0 Å². The van der Waals surface area contributed by atoms with Crippen molar-refractivity contribution < 1.29 is 19.0 Å². The normalized spacial score (nSPS) is 33.2. The van der Waals surface area contributed by atoms with E-state index in [9.17, 15) is 4.79 Å². The molecule has 1 aromatic heterocycles. The van der Waals surface area contributed by atoms with Crippen molar-refractivity contribution in [1.29, 1.82) is 0 Å². The van der Waals surface area contributed by atoms with Gasteiger partial charge in [-0.2, -0.15) is 0 Å². The zero-order valence-electron chi connectivity index (χ0n) is 13.2. The zero-order chi connectivity index (χ0) is 16.5. The molecule has 3 heterocycles. The van der Waals surface area contributed by atoms with E-state index in [2.05, 4.69) is 15.5 Å². The standard InChI is InChI=1S/C14H21N5O4S/c15-11(20)7-21-10-6-23-12-9(5-22-13(10)12)19-14(16-17-18-19)24-8-3-1-2-4-8/h8-10,12-13H,1-7H2,(H2,15,20)/t9-,10-,12-,13+/m1/s1. The lowest BCUT2D eigenvalue weighted by Crippen LogP contribution is -2.34. The second-order valence-corrected chi connectivity index (χ2v) is 7.68. The monoisotopic (exact) mass is 355 g/mol. The van der Waals surface area contributed by atoms with E-state index in [1.54, 1.807) is 11.8 Å². The molecule has 4 atom stereocenters. The van der Waals surface area contributed by atoms with Gasteiger partial charge in [-0.1, -0.05) is 24.6 Å². The number of hydrogen-bond donors (Lipinski definition) is 1. The van der Waals surface area contributed by atoms with Crippen LogP contribution in [0, 0.1) is 0 Å². The minimum atomic E-state index is -0.497. The van der Waals surface area contributed by atoms with Crippen LogP contribution in [0.1, 0.15) is 31.7 Å². The fraction of sp³-hybridized carbons (Fsp3) is 0.857. The summed E-state index contributed by atoms with van der Waals surface area (Å²) in [6.07, 6.45) is 4.30. The third-order valence-electron chi connectivity index (χ3n) is 4.77. The van der Waals surface area contributed by atoms with Gasteiger partial charge >= 0.3 is 0 Å². The lowest BCUT2D eigenvalue weighted by molar-refractivity contribution is -0.126. The predicted octanol–water partition coefficient (Wildman–Crippen LogP) is -0.0830. The van der Waals surface area contributed by atoms with E-state index >= 15 is 0 Å². The van der Waals surface area contributed by atoms with Crippen LogP contribution >= 0.6 is 11.8 Å². The zero-order valence-corrected chi connectivity index (χ0v) is 14.1. The largest absolute Gasteiger partial charge is 0.370 e. The fourth-order valence-electron chi connectivity index (χ4n) is 3.61. The predicted molar refractivity (Wildman–Crippen MR) is 83.4 cm³/mol. The van der Waals surface area contributed by atoms with Crippen molar-refractivity contribution in [3.05, 3.63) is 0 Å². The van der Waals surface area contributed by atoms with E-state index in [4.69, 9.17) is 19.9 Å². The number of thioether (sulfide) groups is 1. The topological polar surface area (TPSA) is 114 Å². The molecule has 1 aliphatic carbocycles. The summed E-state index contributed by atoms with van der Waals surface area (Å²) in [5.41, 5.74) is 5.13. The van der Waals surface area contributed by atoms with Crippen LogP contribution in [0.15, 0.2) is 5.16 Å². The highest BCUT2D eigenvalue weighted by Crippen LogP contribution is 2.39. The van der Waals surface area contributed by atoms with Crippen molar-refractivity contribution in [2.75, 3.05) is 19.8 Å². The number of nitrogens with two attached hydrogens (primary N) is 1. The number of carbonyl (C=O) groups is 1. The number of fused-ring (bicyclic) bond motifs is 1. The quantitative estimate of drug-likeness (QED) is 0.753. The number of rotatable bonds is 6. The summed E-state index contributed by atoms with van der Waals surface area (Å²) in [4.78, 5) is 10.9. The maximum atomic E-state index is 10.9. The molecule has 0 radical (unpaired) electrons. The van der Waals surface area contributed by atoms with E-state index in [1.807, 2.05) is 4.68 Å². The lowest BCUT2D eigenvalue weighted by Gasteiger charge is -2.18. The molecule has 9 nitrogen and oxygen atoms in total. The number of ether oxygens (including phenoxy) is 3. The molecule has 3 aliphatic rings. The molecule has 1 amide bonds. The SMILES string of the molecule is NC(=O)CO[C@@H]1CO[C@H]2[C@H]1OC[C@H]2n1nnnc1SC1CCCC1. The first-order chi connectivity index (χ1) is 11.7. The first-order valence-electron chi connectivity index (χ1n) is 8.30. The van der Waals surface area contributed by atoms with Gasteiger partial charge in [0, 0.05) is 5.25 Å². The van der Waals surface area contributed by atoms with Crippen LogP contribution in [-0.2, 0) is 19.0 Å². The van der Waals surface area contributed by atoms with Crippen LogP contribution < -0.4 is 5.73 Å². The number of nitrogens with zero attached hydrogens (tertiary/aromatic N) is 4. The molecule has 2 saturated heterocycles. The maximum absolute atomic E-state index is 10.9. The van der Waals surface area contributed by atoms with Crippen LogP contribution in [-0.4, -0.2) is 69.5 Å². The van der Waals surface area contributed by atoms with Gasteiger partial charge < -0.3 is 19.9 Å². The number of carbonyl (C=O) groups excluding carboxylic acids is 1. The molecule has 0 spiro atoms. The van der Waals surface area contributed by atoms with Crippen molar-refractivity contribution in [2.24, 2.45) is 5.73 Å². The molecular formula is C14H21N5O4S. The first-order valence-corrected chi connectivity index (χ1v) is 9.18. The fourth-order valence-corrected chi connectivity index (χ4v) is 4.84. The molecule has 24 heavy (non-hydrogen) atoms. The summed E-state index contributed by atoms with van der Waals surface area (Å²) in [6, 6.07) is -0.0731. The summed E-state index contributed by atoms with van der Waals surface area (Å²) < 4.78 is 19.0. The van der Waals surface area contributed by atoms with Gasteiger partial charge in [0.05, 0.1) is 13.2 Å². The van der Waals surface area contributed by atoms with E-state index in [0.717, 1.165) is 5.16 Å².